The molecule has 1 atom stereocenters. The molecule has 0 aliphatic carbocycles. The number of carboxylic acid groups (broad SMARTS) is 1. The number of aliphatic carboxylic acids is 1. The predicted molar refractivity (Wildman–Crippen MR) is 38.8 cm³/mol. The fourth-order valence-corrected chi connectivity index (χ4v) is 1.71. The van der Waals surface area contributed by atoms with E-state index in [1.165, 1.54) is 11.8 Å². The molecule has 4 heteroatoms. The molecule has 0 bridgehead atoms. The van der Waals surface area contributed by atoms with Gasteiger partial charge in [-0.1, -0.05) is 6.08 Å². The van der Waals surface area contributed by atoms with Crippen molar-refractivity contribution in [3.63, 3.8) is 0 Å². The summed E-state index contributed by atoms with van der Waals surface area (Å²) >= 11 is 1.41. The van der Waals surface area contributed by atoms with Gasteiger partial charge in [0.05, 0.1) is 0 Å². The molecule has 0 fully saturated rings. The van der Waals surface area contributed by atoms with E-state index in [1.807, 2.05) is 0 Å². The van der Waals surface area contributed by atoms with Crippen LogP contribution >= 0.6 is 11.8 Å². The molecule has 56 valence electrons. The van der Waals surface area contributed by atoms with Crippen molar-refractivity contribution in [2.24, 2.45) is 0 Å². The number of hydrogen-bond donors (Lipinski definition) is 2. The number of hydrogen-bond acceptors (Lipinski definition) is 3. The molecule has 1 aliphatic heterocycles. The summed E-state index contributed by atoms with van der Waals surface area (Å²) in [6.45, 7) is 0. The van der Waals surface area contributed by atoms with Gasteiger partial charge in [0.2, 0.25) is 0 Å². The van der Waals surface area contributed by atoms with E-state index in [0.717, 1.165) is 12.2 Å². The minimum absolute atomic E-state index is 0.576. The minimum Gasteiger partial charge on any atom is -0.479 e. The standard InChI is InChI=1S/C6H8O3S/c7-5(6(8)9)4-2-1-3-10-4/h2,5,7H,1,3H2,(H,8,9)/t5-/m1/s1. The van der Waals surface area contributed by atoms with E-state index in [9.17, 15) is 4.79 Å². The Kier molecular flexibility index (Phi) is 2.34. The molecule has 0 aromatic heterocycles. The van der Waals surface area contributed by atoms with Gasteiger partial charge in [-0.25, -0.2) is 4.79 Å². The Labute approximate surface area is 62.7 Å². The van der Waals surface area contributed by atoms with Crippen LogP contribution in [0, 0.1) is 0 Å². The summed E-state index contributed by atoms with van der Waals surface area (Å²) in [7, 11) is 0. The SMILES string of the molecule is O=C(O)[C@H](O)C1=CCCS1. The Balaban J connectivity index is 2.55. The second-order valence-corrected chi connectivity index (χ2v) is 3.15. The van der Waals surface area contributed by atoms with Gasteiger partial charge in [-0.2, -0.15) is 0 Å². The summed E-state index contributed by atoms with van der Waals surface area (Å²) in [5, 5.41) is 17.3. The Hall–Kier alpha value is -0.480. The van der Waals surface area contributed by atoms with E-state index in [2.05, 4.69) is 0 Å². The van der Waals surface area contributed by atoms with E-state index in [4.69, 9.17) is 10.2 Å². The molecule has 0 radical (unpaired) electrons. The van der Waals surface area contributed by atoms with Crippen LogP contribution in [-0.2, 0) is 4.79 Å². The maximum atomic E-state index is 10.2. The Morgan fingerprint density at radius 1 is 1.80 bits per heavy atom. The van der Waals surface area contributed by atoms with Crippen molar-refractivity contribution in [3.05, 3.63) is 11.0 Å². The smallest absolute Gasteiger partial charge is 0.337 e. The van der Waals surface area contributed by atoms with Crippen LogP contribution in [0.25, 0.3) is 0 Å². The number of aliphatic hydroxyl groups is 1. The number of aliphatic hydroxyl groups excluding tert-OH is 1. The second kappa shape index (κ2) is 3.07. The van der Waals surface area contributed by atoms with Crippen LogP contribution in [0.3, 0.4) is 0 Å². The Morgan fingerprint density at radius 2 is 2.50 bits per heavy atom. The zero-order valence-electron chi connectivity index (χ0n) is 5.28. The van der Waals surface area contributed by atoms with Crippen molar-refractivity contribution < 1.29 is 15.0 Å². The van der Waals surface area contributed by atoms with Crippen LogP contribution in [-0.4, -0.2) is 28.0 Å². The first-order valence-corrected chi connectivity index (χ1v) is 3.94. The number of carbonyl (C=O) groups is 1. The summed E-state index contributed by atoms with van der Waals surface area (Å²) in [5.41, 5.74) is 0. The molecular weight excluding hydrogens is 152 g/mol. The molecule has 0 amide bonds. The fraction of sp³-hybridized carbons (Fsp3) is 0.500. The van der Waals surface area contributed by atoms with Gasteiger partial charge < -0.3 is 10.2 Å². The zero-order valence-corrected chi connectivity index (χ0v) is 6.10. The van der Waals surface area contributed by atoms with Crippen LogP contribution in [0.5, 0.6) is 0 Å². The number of allylic oxidation sites excluding steroid dienone is 1. The Bertz CT molecular complexity index is 176. The topological polar surface area (TPSA) is 57.5 Å². The van der Waals surface area contributed by atoms with Crippen molar-refractivity contribution in [2.75, 3.05) is 5.75 Å². The van der Waals surface area contributed by atoms with Gasteiger partial charge in [-0.3, -0.25) is 0 Å². The van der Waals surface area contributed by atoms with Gasteiger partial charge in [0.15, 0.2) is 6.10 Å². The van der Waals surface area contributed by atoms with Crippen LogP contribution in [0.2, 0.25) is 0 Å². The van der Waals surface area contributed by atoms with Crippen molar-refractivity contribution in [2.45, 2.75) is 12.5 Å². The van der Waals surface area contributed by atoms with Crippen molar-refractivity contribution in [1.29, 1.82) is 0 Å². The largest absolute Gasteiger partial charge is 0.479 e. The van der Waals surface area contributed by atoms with Gasteiger partial charge in [0.25, 0.3) is 0 Å². The molecule has 1 rings (SSSR count). The van der Waals surface area contributed by atoms with Crippen molar-refractivity contribution in [3.8, 4) is 0 Å². The first-order valence-electron chi connectivity index (χ1n) is 2.95. The van der Waals surface area contributed by atoms with Gasteiger partial charge in [-0.05, 0) is 6.42 Å². The quantitative estimate of drug-likeness (QED) is 0.616. The lowest BCUT2D eigenvalue weighted by molar-refractivity contribution is -0.144. The molecular formula is C6H8O3S. The maximum Gasteiger partial charge on any atom is 0.337 e. The van der Waals surface area contributed by atoms with Crippen LogP contribution in [0.15, 0.2) is 11.0 Å². The lowest BCUT2D eigenvalue weighted by Gasteiger charge is -2.03. The third-order valence-electron chi connectivity index (χ3n) is 1.24. The van der Waals surface area contributed by atoms with E-state index in [0.29, 0.717) is 4.91 Å². The molecule has 0 saturated heterocycles. The van der Waals surface area contributed by atoms with Gasteiger partial charge in [-0.15, -0.1) is 11.8 Å². The average Bonchev–Trinajstić information content (AvgIpc) is 2.36. The monoisotopic (exact) mass is 160 g/mol. The molecule has 1 heterocycles. The molecule has 10 heavy (non-hydrogen) atoms. The van der Waals surface area contributed by atoms with E-state index < -0.39 is 12.1 Å². The number of rotatable bonds is 2. The molecule has 0 aromatic carbocycles. The molecule has 2 N–H and O–H groups in total. The normalized spacial score (nSPS) is 20.3. The number of carboxylic acids is 1. The molecule has 3 nitrogen and oxygen atoms in total. The van der Waals surface area contributed by atoms with Crippen molar-refractivity contribution in [1.82, 2.24) is 0 Å². The summed E-state index contributed by atoms with van der Waals surface area (Å²) in [5.74, 6) is -0.277. The minimum atomic E-state index is -1.30. The van der Waals surface area contributed by atoms with Gasteiger partial charge in [0.1, 0.15) is 0 Å². The van der Waals surface area contributed by atoms with E-state index in [1.54, 1.807) is 6.08 Å². The molecule has 1 aliphatic rings. The van der Waals surface area contributed by atoms with E-state index >= 15 is 0 Å². The third-order valence-corrected chi connectivity index (χ3v) is 2.40. The first-order chi connectivity index (χ1) is 4.72. The highest BCUT2D eigenvalue weighted by Gasteiger charge is 2.21. The van der Waals surface area contributed by atoms with Crippen LogP contribution < -0.4 is 0 Å². The average molecular weight is 160 g/mol. The van der Waals surface area contributed by atoms with Crippen molar-refractivity contribution >= 4 is 17.7 Å². The highest BCUT2D eigenvalue weighted by atomic mass is 32.2. The lowest BCUT2D eigenvalue weighted by atomic mass is 10.3. The van der Waals surface area contributed by atoms with E-state index in [-0.39, 0.29) is 0 Å². The number of thioether (sulfide) groups is 1. The van der Waals surface area contributed by atoms with Gasteiger partial charge in [0, 0.05) is 10.7 Å². The molecule has 0 saturated carbocycles. The molecule has 0 spiro atoms. The Morgan fingerprint density at radius 3 is 2.90 bits per heavy atom. The predicted octanol–water partition coefficient (Wildman–Crippen LogP) is 0.453. The highest BCUT2D eigenvalue weighted by Crippen LogP contribution is 2.27. The molecule has 0 aromatic rings. The summed E-state index contributed by atoms with van der Waals surface area (Å²) in [4.78, 5) is 10.8. The summed E-state index contributed by atoms with van der Waals surface area (Å²) in [6, 6.07) is 0. The van der Waals surface area contributed by atoms with Crippen LogP contribution in [0.4, 0.5) is 0 Å². The summed E-state index contributed by atoms with van der Waals surface area (Å²) < 4.78 is 0. The zero-order chi connectivity index (χ0) is 7.56. The fourth-order valence-electron chi connectivity index (χ4n) is 0.749. The highest BCUT2D eigenvalue weighted by molar-refractivity contribution is 8.03. The lowest BCUT2D eigenvalue weighted by Crippen LogP contribution is -2.19. The summed E-state index contributed by atoms with van der Waals surface area (Å²) in [6.07, 6.45) is 1.33. The van der Waals surface area contributed by atoms with Gasteiger partial charge >= 0.3 is 5.97 Å². The maximum absolute atomic E-state index is 10.2. The van der Waals surface area contributed by atoms with Crippen LogP contribution in [0.1, 0.15) is 6.42 Å². The third kappa shape index (κ3) is 1.52. The first kappa shape index (κ1) is 7.63. The molecule has 0 unspecified atom stereocenters. The second-order valence-electron chi connectivity index (χ2n) is 1.98.